The van der Waals surface area contributed by atoms with E-state index >= 15 is 0 Å². The molecule has 3 aliphatic heterocycles. The van der Waals surface area contributed by atoms with Gasteiger partial charge in [0.2, 0.25) is 17.5 Å². The van der Waals surface area contributed by atoms with Gasteiger partial charge in [-0.25, -0.2) is 4.79 Å². The number of hydrogen-bond donors (Lipinski definition) is 11. The van der Waals surface area contributed by atoms with Crippen molar-refractivity contribution in [2.75, 3.05) is 6.61 Å². The van der Waals surface area contributed by atoms with Gasteiger partial charge in [-0.15, -0.1) is 0 Å². The molecule has 0 aliphatic carbocycles. The molecular weight excluding hydrogens is 840 g/mol. The number of carbonyl (C=O) groups is 1. The number of aliphatic hydroxyl groups excluding tert-OH is 7. The van der Waals surface area contributed by atoms with E-state index in [1.54, 1.807) is 0 Å². The Morgan fingerprint density at radius 1 is 0.667 bits per heavy atom. The molecule has 3 aliphatic rings. The molecule has 3 saturated heterocycles. The Bertz CT molecular complexity index is 2320. The number of carbonyl (C=O) groups excluding carboxylic acids is 1. The Kier molecular flexibility index (Phi) is 13.6. The number of esters is 1. The van der Waals surface area contributed by atoms with Crippen LogP contribution >= 0.6 is 0 Å². The molecule has 21 nitrogen and oxygen atoms in total. The van der Waals surface area contributed by atoms with Gasteiger partial charge in [0.05, 0.1) is 18.8 Å². The van der Waals surface area contributed by atoms with Crippen LogP contribution in [0.1, 0.15) is 19.4 Å². The average molecular weight is 887 g/mol. The number of hydrogen-bond acceptors (Lipinski definition) is 21. The Morgan fingerprint density at radius 2 is 1.29 bits per heavy atom. The lowest BCUT2D eigenvalue weighted by atomic mass is 9.97. The molecule has 63 heavy (non-hydrogen) atoms. The van der Waals surface area contributed by atoms with Gasteiger partial charge in [0.25, 0.3) is 0 Å². The van der Waals surface area contributed by atoms with Crippen LogP contribution in [-0.4, -0.2) is 161 Å². The van der Waals surface area contributed by atoms with Gasteiger partial charge in [-0.2, -0.15) is 0 Å². The summed E-state index contributed by atoms with van der Waals surface area (Å²) >= 11 is 0. The molecule has 4 aromatic rings. The van der Waals surface area contributed by atoms with Crippen molar-refractivity contribution in [1.82, 2.24) is 0 Å². The van der Waals surface area contributed by atoms with Crippen molar-refractivity contribution in [3.05, 3.63) is 82.5 Å². The standard InChI is InChI=1S/C42H46O21/c1-16-28(48)31(51)33(53)41(57-16)63-39-35(55)40(58-17(2)36(39)61-26(47)12-5-18-3-8-20(43)9-4-18)56-15-25-29(49)32(52)34(54)42(60-25)62-38-30(50)27-23(46)13-22(45)14-24(27)59-37(38)19-6-10-21(44)11-7-19/h3-14,16-17,25,28-29,31-36,39-46,48-49,51-55H,15H2,1-2H3/b12-5+/t16?,17?,25?,28-,29+,31-,32?,33?,34?,35?,36-,39+,40+,41-,42-/m0/s1. The van der Waals surface area contributed by atoms with E-state index in [0.29, 0.717) is 5.56 Å². The SMILES string of the molecule is CC1O[C@@H](O[C@@H]2C(O)[C@H](OCC3O[C@@H](Oc4c(-c5ccc(O)cc5)oc5cc(O)cc(O)c5c4=O)C(O)C(O)[C@@H]3O)OC(C)[C@@H]2OC(=O)/C=C/c2ccc(O)cc2)C(O)[C@@H](O)[C@H]1O. The third kappa shape index (κ3) is 9.60. The van der Waals surface area contributed by atoms with Crippen molar-refractivity contribution >= 4 is 23.0 Å². The molecule has 0 radical (unpaired) electrons. The second-order valence-electron chi connectivity index (χ2n) is 15.2. The minimum Gasteiger partial charge on any atom is -0.508 e. The molecule has 3 fully saturated rings. The van der Waals surface area contributed by atoms with Crippen LogP contribution in [0.15, 0.2) is 76.0 Å². The minimum atomic E-state index is -2.03. The van der Waals surface area contributed by atoms with Crippen LogP contribution in [0.3, 0.4) is 0 Å². The number of aliphatic hydroxyl groups is 7. The molecule has 0 saturated carbocycles. The fourth-order valence-electron chi connectivity index (χ4n) is 7.28. The topological polar surface area (TPSA) is 334 Å². The van der Waals surface area contributed by atoms with Crippen LogP contribution in [-0.2, 0) is 33.2 Å². The van der Waals surface area contributed by atoms with E-state index in [0.717, 1.165) is 18.2 Å². The van der Waals surface area contributed by atoms with Crippen molar-refractivity contribution in [2.24, 2.45) is 0 Å². The zero-order chi connectivity index (χ0) is 45.4. The first kappa shape index (κ1) is 45.6. The highest BCUT2D eigenvalue weighted by Gasteiger charge is 2.52. The molecule has 1 aromatic heterocycles. The van der Waals surface area contributed by atoms with E-state index in [-0.39, 0.29) is 28.4 Å². The largest absolute Gasteiger partial charge is 0.508 e. The lowest BCUT2D eigenvalue weighted by Crippen LogP contribution is -2.64. The fraction of sp³-hybridized carbons (Fsp3) is 0.429. The molecule has 0 spiro atoms. The van der Waals surface area contributed by atoms with Crippen LogP contribution in [0.4, 0.5) is 0 Å². The number of phenols is 4. The summed E-state index contributed by atoms with van der Waals surface area (Å²) in [6, 6.07) is 13.0. The predicted molar refractivity (Wildman–Crippen MR) is 211 cm³/mol. The Hall–Kier alpha value is -5.40. The summed E-state index contributed by atoms with van der Waals surface area (Å²) in [5.41, 5.74) is -0.601. The van der Waals surface area contributed by atoms with Crippen molar-refractivity contribution in [3.8, 4) is 40.1 Å². The van der Waals surface area contributed by atoms with E-state index in [4.69, 9.17) is 37.6 Å². The van der Waals surface area contributed by atoms with E-state index < -0.39 is 133 Å². The summed E-state index contributed by atoms with van der Waals surface area (Å²) in [5, 5.41) is 116. The van der Waals surface area contributed by atoms with Gasteiger partial charge in [0, 0.05) is 23.8 Å². The second-order valence-corrected chi connectivity index (χ2v) is 15.2. The van der Waals surface area contributed by atoms with E-state index in [2.05, 4.69) is 0 Å². The minimum absolute atomic E-state index is 0.0000108. The summed E-state index contributed by atoms with van der Waals surface area (Å²) in [7, 11) is 0. The summed E-state index contributed by atoms with van der Waals surface area (Å²) in [6.45, 7) is 2.09. The first-order valence-electron chi connectivity index (χ1n) is 19.6. The van der Waals surface area contributed by atoms with Gasteiger partial charge in [0.1, 0.15) is 88.9 Å². The normalized spacial score (nSPS) is 33.6. The summed E-state index contributed by atoms with van der Waals surface area (Å²) < 4.78 is 46.4. The molecule has 21 heteroatoms. The molecule has 11 N–H and O–H groups in total. The van der Waals surface area contributed by atoms with Gasteiger partial charge >= 0.3 is 5.97 Å². The predicted octanol–water partition coefficient (Wildman–Crippen LogP) is -0.571. The smallest absolute Gasteiger partial charge is 0.331 e. The first-order valence-corrected chi connectivity index (χ1v) is 19.6. The zero-order valence-electron chi connectivity index (χ0n) is 33.3. The molecule has 0 bridgehead atoms. The third-order valence-electron chi connectivity index (χ3n) is 10.8. The summed E-state index contributed by atoms with van der Waals surface area (Å²) in [6.07, 6.45) is -22.7. The van der Waals surface area contributed by atoms with Crippen molar-refractivity contribution in [2.45, 2.75) is 106 Å². The fourth-order valence-corrected chi connectivity index (χ4v) is 7.28. The van der Waals surface area contributed by atoms with E-state index in [1.165, 1.54) is 68.5 Å². The number of phenolic OH excluding ortho intramolecular Hbond substituents is 4. The van der Waals surface area contributed by atoms with Crippen LogP contribution in [0.5, 0.6) is 28.7 Å². The van der Waals surface area contributed by atoms with Gasteiger partial charge < -0.3 is 93.7 Å². The molecule has 7 rings (SSSR count). The maximum atomic E-state index is 13.9. The molecular formula is C42H46O21. The quantitative estimate of drug-likeness (QED) is 0.0663. The third-order valence-corrected chi connectivity index (χ3v) is 10.8. The van der Waals surface area contributed by atoms with Crippen LogP contribution in [0, 0.1) is 0 Å². The Balaban J connectivity index is 1.12. The Morgan fingerprint density at radius 3 is 1.97 bits per heavy atom. The lowest BCUT2D eigenvalue weighted by molar-refractivity contribution is -0.359. The highest BCUT2D eigenvalue weighted by Crippen LogP contribution is 2.38. The molecule has 0 amide bonds. The van der Waals surface area contributed by atoms with E-state index in [9.17, 15) is 65.8 Å². The van der Waals surface area contributed by atoms with Gasteiger partial charge in [-0.05, 0) is 61.9 Å². The summed E-state index contributed by atoms with van der Waals surface area (Å²) in [5.74, 6) is -3.17. The number of rotatable bonds is 11. The van der Waals surface area contributed by atoms with Crippen LogP contribution < -0.4 is 10.2 Å². The molecule has 3 aromatic carbocycles. The van der Waals surface area contributed by atoms with Gasteiger partial charge in [0.15, 0.2) is 24.4 Å². The van der Waals surface area contributed by atoms with E-state index in [1.807, 2.05) is 0 Å². The molecule has 7 unspecified atom stereocenters. The lowest BCUT2D eigenvalue weighted by Gasteiger charge is -2.46. The van der Waals surface area contributed by atoms with Crippen molar-refractivity contribution in [1.29, 1.82) is 0 Å². The van der Waals surface area contributed by atoms with Crippen molar-refractivity contribution in [3.63, 3.8) is 0 Å². The Labute approximate surface area is 356 Å². The van der Waals surface area contributed by atoms with Crippen LogP contribution in [0.25, 0.3) is 28.4 Å². The second kappa shape index (κ2) is 18.8. The molecule has 4 heterocycles. The van der Waals surface area contributed by atoms with Gasteiger partial charge in [-0.1, -0.05) is 12.1 Å². The maximum Gasteiger partial charge on any atom is 0.331 e. The highest BCUT2D eigenvalue weighted by atomic mass is 16.8. The number of fused-ring (bicyclic) bond motifs is 1. The zero-order valence-corrected chi connectivity index (χ0v) is 33.3. The molecule has 340 valence electrons. The average Bonchev–Trinajstić information content (AvgIpc) is 3.24. The monoisotopic (exact) mass is 886 g/mol. The van der Waals surface area contributed by atoms with Crippen LogP contribution in [0.2, 0.25) is 0 Å². The van der Waals surface area contributed by atoms with Crippen molar-refractivity contribution < 1.29 is 98.5 Å². The number of ether oxygens (including phenoxy) is 7. The number of aromatic hydroxyl groups is 4. The summed E-state index contributed by atoms with van der Waals surface area (Å²) in [4.78, 5) is 26.9. The maximum absolute atomic E-state index is 13.9. The van der Waals surface area contributed by atoms with Gasteiger partial charge in [-0.3, -0.25) is 4.79 Å². The number of benzene rings is 3. The molecule has 15 atom stereocenters. The highest BCUT2D eigenvalue weighted by molar-refractivity contribution is 5.88. The first-order chi connectivity index (χ1) is 29.9.